The van der Waals surface area contributed by atoms with Gasteiger partial charge in [-0.3, -0.25) is 4.79 Å². The second-order valence-corrected chi connectivity index (χ2v) is 10.2. The van der Waals surface area contributed by atoms with Gasteiger partial charge in [0.1, 0.15) is 0 Å². The maximum absolute atomic E-state index is 11.1. The lowest BCUT2D eigenvalue weighted by molar-refractivity contribution is -0.117. The van der Waals surface area contributed by atoms with E-state index in [-0.39, 0.29) is 5.91 Å². The topological polar surface area (TPSA) is 48.0 Å². The average molecular weight is 246 g/mol. The quantitative estimate of drug-likeness (QED) is 0.830. The van der Waals surface area contributed by atoms with Crippen LogP contribution in [-0.4, -0.2) is 18.4 Å². The molecule has 1 amide bonds. The Morgan fingerprint density at radius 2 is 1.94 bits per heavy atom. The van der Waals surface area contributed by atoms with Gasteiger partial charge in [0.15, 0.2) is 8.24 Å². The highest BCUT2D eigenvalue weighted by Crippen LogP contribution is 2.25. The summed E-state index contributed by atoms with van der Waals surface area (Å²) in [6, 6.07) is 8.21. The monoisotopic (exact) mass is 246 g/mol. The van der Waals surface area contributed by atoms with Crippen LogP contribution in [0, 0.1) is 0 Å². The number of amides is 1. The van der Waals surface area contributed by atoms with Crippen LogP contribution in [0.2, 0.25) is 19.6 Å². The molecule has 0 bridgehead atoms. The molecule has 0 aliphatic carbocycles. The lowest BCUT2D eigenvalue weighted by atomic mass is 10.1. The molecule has 0 unspecified atom stereocenters. The number of aromatic nitrogens is 1. The van der Waals surface area contributed by atoms with Crippen LogP contribution in [0.5, 0.6) is 0 Å². The predicted octanol–water partition coefficient (Wildman–Crippen LogP) is 2.35. The number of fused-ring (bicyclic) bond motifs is 1. The molecule has 3 nitrogen and oxygen atoms in total. The Morgan fingerprint density at radius 1 is 1.29 bits per heavy atom. The van der Waals surface area contributed by atoms with Crippen molar-refractivity contribution >= 4 is 25.0 Å². The van der Waals surface area contributed by atoms with Crippen molar-refractivity contribution < 1.29 is 4.79 Å². The molecule has 0 saturated heterocycles. The Labute approximate surface area is 102 Å². The van der Waals surface area contributed by atoms with E-state index in [1.807, 2.05) is 12.1 Å². The summed E-state index contributed by atoms with van der Waals surface area (Å²) in [5, 5.41) is 1.15. The first-order chi connectivity index (χ1) is 7.89. The summed E-state index contributed by atoms with van der Waals surface area (Å²) >= 11 is 0. The third-order valence-electron chi connectivity index (χ3n) is 2.88. The first-order valence-corrected chi connectivity index (χ1v) is 9.22. The van der Waals surface area contributed by atoms with Crippen molar-refractivity contribution in [2.24, 2.45) is 5.73 Å². The molecule has 1 aromatic carbocycles. The molecule has 17 heavy (non-hydrogen) atoms. The van der Waals surface area contributed by atoms with Crippen molar-refractivity contribution in [1.29, 1.82) is 0 Å². The van der Waals surface area contributed by atoms with E-state index in [1.54, 1.807) is 0 Å². The van der Waals surface area contributed by atoms with Crippen molar-refractivity contribution in [2.45, 2.75) is 26.1 Å². The molecule has 0 radical (unpaired) electrons. The standard InChI is InChI=1S/C13H18N2OSi/c1-17(2,3)15-9-10(8-13(14)16)11-6-4-5-7-12(11)15/h4-7,9H,8H2,1-3H3,(H2,14,16). The van der Waals surface area contributed by atoms with Gasteiger partial charge in [0.2, 0.25) is 5.91 Å². The highest BCUT2D eigenvalue weighted by Gasteiger charge is 2.20. The number of nitrogens with two attached hydrogens (primary N) is 1. The minimum Gasteiger partial charge on any atom is -0.374 e. The van der Waals surface area contributed by atoms with Crippen molar-refractivity contribution in [3.63, 3.8) is 0 Å². The second-order valence-electron chi connectivity index (χ2n) is 5.36. The van der Waals surface area contributed by atoms with Crippen LogP contribution in [0.1, 0.15) is 5.56 Å². The first kappa shape index (κ1) is 11.9. The van der Waals surface area contributed by atoms with E-state index in [1.165, 1.54) is 5.52 Å². The molecule has 0 saturated carbocycles. The average Bonchev–Trinajstić information content (AvgIpc) is 2.56. The molecule has 2 rings (SSSR count). The zero-order valence-corrected chi connectivity index (χ0v) is 11.5. The minimum absolute atomic E-state index is 0.275. The molecule has 90 valence electrons. The van der Waals surface area contributed by atoms with Gasteiger partial charge in [-0.15, -0.1) is 0 Å². The van der Waals surface area contributed by atoms with Crippen molar-refractivity contribution in [2.75, 3.05) is 0 Å². The molecular formula is C13H18N2OSi. The SMILES string of the molecule is C[Si](C)(C)n1cc(CC(N)=O)c2ccccc21. The Kier molecular flexibility index (Phi) is 2.83. The largest absolute Gasteiger partial charge is 0.374 e. The third-order valence-corrected chi connectivity index (χ3v) is 4.70. The summed E-state index contributed by atoms with van der Waals surface area (Å²) in [7, 11) is -1.46. The fourth-order valence-electron chi connectivity index (χ4n) is 2.13. The van der Waals surface area contributed by atoms with Crippen LogP contribution >= 0.6 is 0 Å². The summed E-state index contributed by atoms with van der Waals surface area (Å²) in [6.07, 6.45) is 2.42. The Balaban J connectivity index is 2.67. The van der Waals surface area contributed by atoms with Gasteiger partial charge in [0, 0.05) is 10.9 Å². The molecule has 1 aromatic heterocycles. The Bertz CT molecular complexity index is 566. The minimum atomic E-state index is -1.46. The van der Waals surface area contributed by atoms with E-state index in [0.29, 0.717) is 6.42 Å². The van der Waals surface area contributed by atoms with E-state index in [0.717, 1.165) is 10.9 Å². The number of para-hydroxylation sites is 1. The molecular weight excluding hydrogens is 228 g/mol. The zero-order valence-electron chi connectivity index (χ0n) is 10.5. The van der Waals surface area contributed by atoms with E-state index >= 15 is 0 Å². The highest BCUT2D eigenvalue weighted by atomic mass is 28.3. The molecule has 0 spiro atoms. The third kappa shape index (κ3) is 2.26. The fourth-order valence-corrected chi connectivity index (χ4v) is 3.59. The molecule has 2 aromatic rings. The lowest BCUT2D eigenvalue weighted by Crippen LogP contribution is -2.31. The number of hydrogen-bond acceptors (Lipinski definition) is 1. The highest BCUT2D eigenvalue weighted by molar-refractivity contribution is 6.75. The van der Waals surface area contributed by atoms with Crippen LogP contribution in [0.25, 0.3) is 10.9 Å². The van der Waals surface area contributed by atoms with Gasteiger partial charge in [-0.05, 0) is 17.8 Å². The summed E-state index contributed by atoms with van der Waals surface area (Å²) in [5.74, 6) is -0.275. The Morgan fingerprint density at radius 3 is 2.53 bits per heavy atom. The van der Waals surface area contributed by atoms with E-state index in [4.69, 9.17) is 5.73 Å². The van der Waals surface area contributed by atoms with Gasteiger partial charge < -0.3 is 9.97 Å². The lowest BCUT2D eigenvalue weighted by Gasteiger charge is -2.19. The summed E-state index contributed by atoms with van der Waals surface area (Å²) in [5.41, 5.74) is 7.55. The van der Waals surface area contributed by atoms with Gasteiger partial charge in [0.05, 0.1) is 6.42 Å². The fraction of sp³-hybridized carbons (Fsp3) is 0.308. The zero-order chi connectivity index (χ0) is 12.6. The van der Waals surface area contributed by atoms with Crippen molar-refractivity contribution in [1.82, 2.24) is 4.23 Å². The molecule has 0 aliphatic heterocycles. The Hall–Kier alpha value is -1.55. The van der Waals surface area contributed by atoms with E-state index in [2.05, 4.69) is 42.2 Å². The summed E-state index contributed by atoms with van der Waals surface area (Å²) < 4.78 is 2.33. The maximum Gasteiger partial charge on any atom is 0.221 e. The van der Waals surface area contributed by atoms with Crippen LogP contribution < -0.4 is 5.73 Å². The molecule has 2 N–H and O–H groups in total. The van der Waals surface area contributed by atoms with E-state index < -0.39 is 8.24 Å². The van der Waals surface area contributed by atoms with E-state index in [9.17, 15) is 4.79 Å². The van der Waals surface area contributed by atoms with Crippen LogP contribution in [-0.2, 0) is 11.2 Å². The van der Waals surface area contributed by atoms with Crippen molar-refractivity contribution in [3.05, 3.63) is 36.0 Å². The number of hydrogen-bond donors (Lipinski definition) is 1. The second kappa shape index (κ2) is 4.03. The number of rotatable bonds is 3. The smallest absolute Gasteiger partial charge is 0.221 e. The van der Waals surface area contributed by atoms with Crippen LogP contribution in [0.15, 0.2) is 30.5 Å². The van der Waals surface area contributed by atoms with Crippen LogP contribution in [0.3, 0.4) is 0 Å². The van der Waals surface area contributed by atoms with Crippen molar-refractivity contribution in [3.8, 4) is 0 Å². The summed E-state index contributed by atoms with van der Waals surface area (Å²) in [4.78, 5) is 11.1. The molecule has 0 atom stereocenters. The van der Waals surface area contributed by atoms with Gasteiger partial charge in [-0.25, -0.2) is 0 Å². The van der Waals surface area contributed by atoms with Gasteiger partial charge in [-0.2, -0.15) is 0 Å². The molecule has 0 fully saturated rings. The number of nitrogens with zero attached hydrogens (tertiary/aromatic N) is 1. The molecule has 1 heterocycles. The van der Waals surface area contributed by atoms with Gasteiger partial charge in [-0.1, -0.05) is 37.8 Å². The number of carbonyl (C=O) groups is 1. The first-order valence-electron chi connectivity index (χ1n) is 5.77. The number of primary amides is 1. The normalized spacial score (nSPS) is 11.9. The summed E-state index contributed by atoms with van der Waals surface area (Å²) in [6.45, 7) is 6.86. The predicted molar refractivity (Wildman–Crippen MR) is 73.6 cm³/mol. The molecule has 0 aliphatic rings. The van der Waals surface area contributed by atoms with Crippen LogP contribution in [0.4, 0.5) is 0 Å². The maximum atomic E-state index is 11.1. The van der Waals surface area contributed by atoms with Gasteiger partial charge in [0.25, 0.3) is 0 Å². The number of carbonyl (C=O) groups excluding carboxylic acids is 1. The van der Waals surface area contributed by atoms with Gasteiger partial charge >= 0.3 is 0 Å². The number of benzene rings is 1. The molecule has 4 heteroatoms.